The van der Waals surface area contributed by atoms with Crippen LogP contribution in [0.4, 0.5) is 0 Å². The van der Waals surface area contributed by atoms with Crippen LogP contribution in [-0.4, -0.2) is 14.2 Å². The van der Waals surface area contributed by atoms with Crippen molar-refractivity contribution in [1.82, 2.24) is 0 Å². The summed E-state index contributed by atoms with van der Waals surface area (Å²) < 4.78 is 10.5. The van der Waals surface area contributed by atoms with Crippen molar-refractivity contribution in [2.75, 3.05) is 14.2 Å². The van der Waals surface area contributed by atoms with Gasteiger partial charge in [0.2, 0.25) is 0 Å². The third-order valence-corrected chi connectivity index (χ3v) is 3.36. The van der Waals surface area contributed by atoms with Gasteiger partial charge in [-0.15, -0.1) is 0 Å². The fourth-order valence-corrected chi connectivity index (χ4v) is 2.23. The zero-order chi connectivity index (χ0) is 11.6. The Labute approximate surface area is 96.5 Å². The lowest BCUT2D eigenvalue weighted by atomic mass is 9.72. The molecular formula is C13H19NO2. The molecule has 2 rings (SSSR count). The van der Waals surface area contributed by atoms with Gasteiger partial charge in [0, 0.05) is 18.2 Å². The molecule has 0 saturated heterocycles. The van der Waals surface area contributed by atoms with Gasteiger partial charge in [0.1, 0.15) is 5.75 Å². The fraction of sp³-hybridized carbons (Fsp3) is 0.538. The molecule has 2 N–H and O–H groups in total. The third kappa shape index (κ3) is 1.93. The summed E-state index contributed by atoms with van der Waals surface area (Å²) >= 11 is 0. The van der Waals surface area contributed by atoms with E-state index in [2.05, 4.69) is 6.07 Å². The minimum absolute atomic E-state index is 0.185. The van der Waals surface area contributed by atoms with Gasteiger partial charge in [-0.2, -0.15) is 0 Å². The van der Waals surface area contributed by atoms with Crippen molar-refractivity contribution in [2.45, 2.75) is 31.4 Å². The molecule has 0 unspecified atom stereocenters. The molecule has 0 atom stereocenters. The third-order valence-electron chi connectivity index (χ3n) is 3.36. The molecule has 0 spiro atoms. The second kappa shape index (κ2) is 4.44. The van der Waals surface area contributed by atoms with E-state index in [0.717, 1.165) is 29.7 Å². The van der Waals surface area contributed by atoms with Crippen LogP contribution in [0.1, 0.15) is 30.4 Å². The molecular weight excluding hydrogens is 202 g/mol. The summed E-state index contributed by atoms with van der Waals surface area (Å²) in [4.78, 5) is 0. The van der Waals surface area contributed by atoms with Crippen LogP contribution in [0.15, 0.2) is 18.2 Å². The highest BCUT2D eigenvalue weighted by Crippen LogP contribution is 2.43. The Balaban J connectivity index is 2.35. The minimum Gasteiger partial charge on any atom is -0.496 e. The summed E-state index contributed by atoms with van der Waals surface area (Å²) in [6, 6.07) is 6.12. The molecule has 1 aliphatic carbocycles. The Morgan fingerprint density at radius 2 is 2.06 bits per heavy atom. The van der Waals surface area contributed by atoms with E-state index in [4.69, 9.17) is 15.2 Å². The number of hydrogen-bond acceptors (Lipinski definition) is 3. The molecule has 0 bridgehead atoms. The van der Waals surface area contributed by atoms with Crippen molar-refractivity contribution >= 4 is 0 Å². The highest BCUT2D eigenvalue weighted by molar-refractivity contribution is 5.43. The topological polar surface area (TPSA) is 44.5 Å². The fourth-order valence-electron chi connectivity index (χ4n) is 2.23. The van der Waals surface area contributed by atoms with Gasteiger partial charge in [-0.05, 0) is 37.0 Å². The smallest absolute Gasteiger partial charge is 0.123 e. The molecule has 1 aromatic rings. The van der Waals surface area contributed by atoms with Crippen molar-refractivity contribution in [1.29, 1.82) is 0 Å². The summed E-state index contributed by atoms with van der Waals surface area (Å²) in [5.74, 6) is 0.891. The molecule has 3 nitrogen and oxygen atoms in total. The van der Waals surface area contributed by atoms with E-state index in [1.165, 1.54) is 6.42 Å². The van der Waals surface area contributed by atoms with Crippen molar-refractivity contribution in [2.24, 2.45) is 5.73 Å². The van der Waals surface area contributed by atoms with E-state index in [1.807, 2.05) is 12.1 Å². The monoisotopic (exact) mass is 221 g/mol. The van der Waals surface area contributed by atoms with Gasteiger partial charge < -0.3 is 15.2 Å². The minimum atomic E-state index is -0.185. The molecule has 88 valence electrons. The molecule has 3 heteroatoms. The first kappa shape index (κ1) is 11.4. The van der Waals surface area contributed by atoms with Crippen LogP contribution < -0.4 is 10.5 Å². The number of ether oxygens (including phenoxy) is 2. The molecule has 1 aliphatic rings. The highest BCUT2D eigenvalue weighted by atomic mass is 16.5. The first-order chi connectivity index (χ1) is 7.69. The van der Waals surface area contributed by atoms with E-state index in [1.54, 1.807) is 14.2 Å². The quantitative estimate of drug-likeness (QED) is 0.847. The van der Waals surface area contributed by atoms with E-state index >= 15 is 0 Å². The average Bonchev–Trinajstić information content (AvgIpc) is 2.26. The SMILES string of the molecule is COCc1ccc(OC)c(C2(N)CCC2)c1. The zero-order valence-electron chi connectivity index (χ0n) is 9.95. The maximum Gasteiger partial charge on any atom is 0.123 e. The number of nitrogens with two attached hydrogens (primary N) is 1. The normalized spacial score (nSPS) is 17.9. The highest BCUT2D eigenvalue weighted by Gasteiger charge is 2.36. The van der Waals surface area contributed by atoms with E-state index in [-0.39, 0.29) is 5.54 Å². The summed E-state index contributed by atoms with van der Waals surface area (Å²) in [5, 5.41) is 0. The molecule has 0 aromatic heterocycles. The molecule has 1 aromatic carbocycles. The van der Waals surface area contributed by atoms with Crippen LogP contribution in [0, 0.1) is 0 Å². The van der Waals surface area contributed by atoms with Gasteiger partial charge in [-0.1, -0.05) is 6.07 Å². The Morgan fingerprint density at radius 1 is 1.31 bits per heavy atom. The Hall–Kier alpha value is -1.06. The summed E-state index contributed by atoms with van der Waals surface area (Å²) in [6.07, 6.45) is 3.29. The lowest BCUT2D eigenvalue weighted by molar-refractivity contribution is 0.184. The predicted octanol–water partition coefficient (Wildman–Crippen LogP) is 2.18. The lowest BCUT2D eigenvalue weighted by Crippen LogP contribution is -2.43. The van der Waals surface area contributed by atoms with Gasteiger partial charge in [0.05, 0.1) is 13.7 Å². The van der Waals surface area contributed by atoms with Crippen molar-refractivity contribution in [3.8, 4) is 5.75 Å². The van der Waals surface area contributed by atoms with Crippen LogP contribution in [0.25, 0.3) is 0 Å². The van der Waals surface area contributed by atoms with Crippen molar-refractivity contribution in [3.63, 3.8) is 0 Å². The largest absolute Gasteiger partial charge is 0.496 e. The predicted molar refractivity (Wildman–Crippen MR) is 63.4 cm³/mol. The summed E-state index contributed by atoms with van der Waals surface area (Å²) in [7, 11) is 3.39. The average molecular weight is 221 g/mol. The van der Waals surface area contributed by atoms with Crippen LogP contribution in [0.5, 0.6) is 5.75 Å². The Bertz CT molecular complexity index is 372. The number of rotatable bonds is 4. The molecule has 1 saturated carbocycles. The number of hydrogen-bond donors (Lipinski definition) is 1. The van der Waals surface area contributed by atoms with E-state index < -0.39 is 0 Å². The van der Waals surface area contributed by atoms with Crippen LogP contribution >= 0.6 is 0 Å². The number of methoxy groups -OCH3 is 2. The van der Waals surface area contributed by atoms with Gasteiger partial charge in [-0.3, -0.25) is 0 Å². The molecule has 0 amide bonds. The van der Waals surface area contributed by atoms with Crippen molar-refractivity contribution in [3.05, 3.63) is 29.3 Å². The van der Waals surface area contributed by atoms with Crippen LogP contribution in [0.3, 0.4) is 0 Å². The molecule has 0 aliphatic heterocycles. The van der Waals surface area contributed by atoms with Crippen LogP contribution in [-0.2, 0) is 16.9 Å². The van der Waals surface area contributed by atoms with Gasteiger partial charge in [0.25, 0.3) is 0 Å². The van der Waals surface area contributed by atoms with Crippen molar-refractivity contribution < 1.29 is 9.47 Å². The molecule has 16 heavy (non-hydrogen) atoms. The number of benzene rings is 1. The Morgan fingerprint density at radius 3 is 2.56 bits per heavy atom. The first-order valence-electron chi connectivity index (χ1n) is 5.65. The zero-order valence-corrected chi connectivity index (χ0v) is 9.95. The van der Waals surface area contributed by atoms with Crippen LogP contribution in [0.2, 0.25) is 0 Å². The lowest BCUT2D eigenvalue weighted by Gasteiger charge is -2.39. The summed E-state index contributed by atoms with van der Waals surface area (Å²) in [6.45, 7) is 0.618. The second-order valence-electron chi connectivity index (χ2n) is 4.48. The maximum absolute atomic E-state index is 6.34. The molecule has 0 radical (unpaired) electrons. The summed E-state index contributed by atoms with van der Waals surface area (Å²) in [5.41, 5.74) is 8.43. The van der Waals surface area contributed by atoms with Gasteiger partial charge in [-0.25, -0.2) is 0 Å². The van der Waals surface area contributed by atoms with Gasteiger partial charge >= 0.3 is 0 Å². The maximum atomic E-state index is 6.34. The van der Waals surface area contributed by atoms with E-state index in [9.17, 15) is 0 Å². The molecule has 1 fully saturated rings. The molecule has 0 heterocycles. The van der Waals surface area contributed by atoms with Gasteiger partial charge in [0.15, 0.2) is 0 Å². The van der Waals surface area contributed by atoms with E-state index in [0.29, 0.717) is 6.61 Å². The Kier molecular flexibility index (Phi) is 3.17. The second-order valence-corrected chi connectivity index (χ2v) is 4.48. The first-order valence-corrected chi connectivity index (χ1v) is 5.65. The standard InChI is InChI=1S/C13H19NO2/c1-15-9-10-4-5-12(16-2)11(8-10)13(14)6-3-7-13/h4-5,8H,3,6-7,9,14H2,1-2H3.